The van der Waals surface area contributed by atoms with Crippen LogP contribution in [0.5, 0.6) is 5.75 Å². The van der Waals surface area contributed by atoms with Crippen LogP contribution < -0.4 is 5.32 Å². The van der Waals surface area contributed by atoms with Gasteiger partial charge in [0.25, 0.3) is 5.91 Å². The van der Waals surface area contributed by atoms with Gasteiger partial charge in [-0.3, -0.25) is 4.79 Å². The number of nitrogens with one attached hydrogen (secondary N) is 1. The van der Waals surface area contributed by atoms with Crippen LogP contribution >= 0.6 is 11.6 Å². The third-order valence-corrected chi connectivity index (χ3v) is 4.21. The first-order valence-electron chi connectivity index (χ1n) is 8.14. The number of aromatic nitrogens is 2. The molecule has 2 aromatic carbocycles. The summed E-state index contributed by atoms with van der Waals surface area (Å²) in [5.41, 5.74) is 1.17. The van der Waals surface area contributed by atoms with Crippen LogP contribution in [-0.4, -0.2) is 21.2 Å². The maximum Gasteiger partial charge on any atom is 0.251 e. The number of amides is 1. The summed E-state index contributed by atoms with van der Waals surface area (Å²) in [7, 11) is 0. The first kappa shape index (κ1) is 17.9. The van der Waals surface area contributed by atoms with Gasteiger partial charge in [0.2, 0.25) is 11.7 Å². The molecule has 0 saturated heterocycles. The molecule has 0 aliphatic rings. The van der Waals surface area contributed by atoms with Gasteiger partial charge in [-0.2, -0.15) is 4.98 Å². The Bertz CT molecular complexity index is 909. The number of carbonyl (C=O) groups excluding carboxylic acids is 1. The molecule has 1 amide bonds. The number of rotatable bonds is 5. The summed E-state index contributed by atoms with van der Waals surface area (Å²) in [4.78, 5) is 17.0. The zero-order valence-electron chi connectivity index (χ0n) is 14.3. The van der Waals surface area contributed by atoms with E-state index in [-0.39, 0.29) is 22.6 Å². The summed E-state index contributed by atoms with van der Waals surface area (Å²) in [6, 6.07) is 13.3. The SMILES string of the molecule is CC(C)[C@@H](NC(=O)c1ccc(O)c(Cl)c1)c1nc(-c2ccccc2)no1. The molecule has 0 fully saturated rings. The lowest BCUT2D eigenvalue weighted by Crippen LogP contribution is -2.32. The molecule has 0 aliphatic carbocycles. The van der Waals surface area contributed by atoms with Crippen LogP contribution in [0, 0.1) is 5.92 Å². The molecule has 2 N–H and O–H groups in total. The number of phenolic OH excluding ortho intramolecular Hbond substituents is 1. The minimum Gasteiger partial charge on any atom is -0.506 e. The van der Waals surface area contributed by atoms with E-state index in [0.717, 1.165) is 5.56 Å². The van der Waals surface area contributed by atoms with E-state index in [2.05, 4.69) is 15.5 Å². The number of aromatic hydroxyl groups is 1. The fourth-order valence-corrected chi connectivity index (χ4v) is 2.63. The molecule has 0 aliphatic heterocycles. The van der Waals surface area contributed by atoms with Gasteiger partial charge in [0.05, 0.1) is 5.02 Å². The van der Waals surface area contributed by atoms with Crippen LogP contribution in [0.25, 0.3) is 11.4 Å². The van der Waals surface area contributed by atoms with Crippen molar-refractivity contribution in [2.24, 2.45) is 5.92 Å². The van der Waals surface area contributed by atoms with E-state index in [1.165, 1.54) is 18.2 Å². The van der Waals surface area contributed by atoms with Gasteiger partial charge in [0.1, 0.15) is 11.8 Å². The predicted molar refractivity (Wildman–Crippen MR) is 97.9 cm³/mol. The molecular weight excluding hydrogens is 354 g/mol. The standard InChI is InChI=1S/C19H18ClN3O3/c1-11(2)16(21-18(25)13-8-9-15(24)14(20)10-13)19-22-17(23-26-19)12-6-4-3-5-7-12/h3-11,16,24H,1-2H3,(H,21,25)/t16-/m1/s1. The van der Waals surface area contributed by atoms with Gasteiger partial charge >= 0.3 is 0 Å². The Labute approximate surface area is 155 Å². The lowest BCUT2D eigenvalue weighted by molar-refractivity contribution is 0.0914. The fraction of sp³-hybridized carbons (Fsp3) is 0.211. The zero-order valence-corrected chi connectivity index (χ0v) is 15.1. The molecule has 0 unspecified atom stereocenters. The molecule has 26 heavy (non-hydrogen) atoms. The summed E-state index contributed by atoms with van der Waals surface area (Å²) in [5.74, 6) is 0.402. The highest BCUT2D eigenvalue weighted by atomic mass is 35.5. The molecule has 0 bridgehead atoms. The van der Waals surface area contributed by atoms with Crippen molar-refractivity contribution in [1.29, 1.82) is 0 Å². The molecule has 0 spiro atoms. The Morgan fingerprint density at radius 2 is 1.92 bits per heavy atom. The van der Waals surface area contributed by atoms with Crippen molar-refractivity contribution < 1.29 is 14.4 Å². The van der Waals surface area contributed by atoms with Gasteiger partial charge in [-0.25, -0.2) is 0 Å². The number of hydrogen-bond donors (Lipinski definition) is 2. The number of phenols is 1. The molecule has 0 saturated carbocycles. The van der Waals surface area contributed by atoms with Gasteiger partial charge < -0.3 is 14.9 Å². The minimum absolute atomic E-state index is 0.0237. The van der Waals surface area contributed by atoms with Crippen molar-refractivity contribution in [1.82, 2.24) is 15.5 Å². The molecule has 3 aromatic rings. The van der Waals surface area contributed by atoms with Gasteiger partial charge in [-0.15, -0.1) is 0 Å². The smallest absolute Gasteiger partial charge is 0.251 e. The van der Waals surface area contributed by atoms with Crippen LogP contribution in [0.4, 0.5) is 0 Å². The number of hydrogen-bond acceptors (Lipinski definition) is 5. The monoisotopic (exact) mass is 371 g/mol. The van der Waals surface area contributed by atoms with Gasteiger partial charge in [-0.05, 0) is 24.1 Å². The number of benzene rings is 2. The van der Waals surface area contributed by atoms with Crippen LogP contribution in [-0.2, 0) is 0 Å². The lowest BCUT2D eigenvalue weighted by Gasteiger charge is -2.18. The maximum atomic E-state index is 12.5. The highest BCUT2D eigenvalue weighted by Crippen LogP contribution is 2.26. The first-order chi connectivity index (χ1) is 12.5. The predicted octanol–water partition coefficient (Wildman–Crippen LogP) is 4.22. The molecule has 0 radical (unpaired) electrons. The Balaban J connectivity index is 1.82. The lowest BCUT2D eigenvalue weighted by atomic mass is 10.0. The second-order valence-electron chi connectivity index (χ2n) is 6.18. The second kappa shape index (κ2) is 7.58. The van der Waals surface area contributed by atoms with Crippen LogP contribution in [0.15, 0.2) is 53.1 Å². The van der Waals surface area contributed by atoms with E-state index < -0.39 is 6.04 Å². The summed E-state index contributed by atoms with van der Waals surface area (Å²) in [6.45, 7) is 3.89. The Hall–Kier alpha value is -2.86. The number of halogens is 1. The van der Waals surface area contributed by atoms with E-state index in [4.69, 9.17) is 16.1 Å². The Morgan fingerprint density at radius 3 is 2.58 bits per heavy atom. The van der Waals surface area contributed by atoms with E-state index in [0.29, 0.717) is 17.3 Å². The first-order valence-corrected chi connectivity index (χ1v) is 8.52. The molecule has 1 heterocycles. The molecule has 3 rings (SSSR count). The van der Waals surface area contributed by atoms with Crippen molar-refractivity contribution in [3.05, 3.63) is 65.0 Å². The second-order valence-corrected chi connectivity index (χ2v) is 6.59. The van der Waals surface area contributed by atoms with E-state index in [1.807, 2.05) is 44.2 Å². The summed E-state index contributed by atoms with van der Waals surface area (Å²) in [6.07, 6.45) is 0. The summed E-state index contributed by atoms with van der Waals surface area (Å²) < 4.78 is 5.38. The third kappa shape index (κ3) is 3.86. The fourth-order valence-electron chi connectivity index (χ4n) is 2.45. The van der Waals surface area contributed by atoms with Crippen molar-refractivity contribution in [2.45, 2.75) is 19.9 Å². The topological polar surface area (TPSA) is 88.2 Å². The van der Waals surface area contributed by atoms with Crippen LogP contribution in [0.2, 0.25) is 5.02 Å². The zero-order chi connectivity index (χ0) is 18.7. The highest BCUT2D eigenvalue weighted by Gasteiger charge is 2.25. The number of nitrogens with zero attached hydrogens (tertiary/aromatic N) is 2. The number of carbonyl (C=O) groups is 1. The maximum absolute atomic E-state index is 12.5. The molecule has 134 valence electrons. The van der Waals surface area contributed by atoms with Crippen LogP contribution in [0.1, 0.15) is 36.1 Å². The van der Waals surface area contributed by atoms with E-state index in [1.54, 1.807) is 0 Å². The molecular formula is C19H18ClN3O3. The average Bonchev–Trinajstić information content (AvgIpc) is 3.12. The largest absolute Gasteiger partial charge is 0.506 e. The molecule has 1 aromatic heterocycles. The molecule has 1 atom stereocenters. The summed E-state index contributed by atoms with van der Waals surface area (Å²) >= 11 is 5.87. The van der Waals surface area contributed by atoms with E-state index in [9.17, 15) is 9.90 Å². The normalized spacial score (nSPS) is 12.2. The van der Waals surface area contributed by atoms with Crippen molar-refractivity contribution in [3.8, 4) is 17.1 Å². The van der Waals surface area contributed by atoms with Gasteiger partial charge in [0, 0.05) is 11.1 Å². The average molecular weight is 372 g/mol. The molecule has 7 heteroatoms. The quantitative estimate of drug-likeness (QED) is 0.700. The van der Waals surface area contributed by atoms with Crippen molar-refractivity contribution in [3.63, 3.8) is 0 Å². The van der Waals surface area contributed by atoms with E-state index >= 15 is 0 Å². The molecule has 6 nitrogen and oxygen atoms in total. The minimum atomic E-state index is -0.458. The van der Waals surface area contributed by atoms with Crippen LogP contribution in [0.3, 0.4) is 0 Å². The van der Waals surface area contributed by atoms with Gasteiger partial charge in [-0.1, -0.05) is 60.9 Å². The Morgan fingerprint density at radius 1 is 1.19 bits per heavy atom. The Kier molecular flexibility index (Phi) is 5.23. The van der Waals surface area contributed by atoms with Crippen molar-refractivity contribution in [2.75, 3.05) is 0 Å². The highest BCUT2D eigenvalue weighted by molar-refractivity contribution is 6.32. The van der Waals surface area contributed by atoms with Gasteiger partial charge in [0.15, 0.2) is 0 Å². The summed E-state index contributed by atoms with van der Waals surface area (Å²) in [5, 5.41) is 16.5. The van der Waals surface area contributed by atoms with Crippen molar-refractivity contribution >= 4 is 17.5 Å². The third-order valence-electron chi connectivity index (χ3n) is 3.90.